The summed E-state index contributed by atoms with van der Waals surface area (Å²) in [5.74, 6) is -1.05. The van der Waals surface area contributed by atoms with Crippen molar-refractivity contribution in [3.05, 3.63) is 55.9 Å². The number of carbonyl (C=O) groups is 3. The summed E-state index contributed by atoms with van der Waals surface area (Å²) in [7, 11) is 0. The van der Waals surface area contributed by atoms with E-state index >= 15 is 0 Å². The highest BCUT2D eigenvalue weighted by Gasteiger charge is 2.19. The Balaban J connectivity index is 1.55. The van der Waals surface area contributed by atoms with Gasteiger partial charge in [-0.25, -0.2) is 4.98 Å². The Labute approximate surface area is 174 Å². The predicted octanol–water partition coefficient (Wildman–Crippen LogP) is 4.65. The summed E-state index contributed by atoms with van der Waals surface area (Å²) >= 11 is 8.44. The second-order valence-corrected chi connectivity index (χ2v) is 8.63. The molecule has 0 unspecified atom stereocenters. The molecule has 3 aromatic rings. The third-order valence-corrected chi connectivity index (χ3v) is 6.14. The average molecular weight is 437 g/mol. The minimum Gasteiger partial charge on any atom is -0.457 e. The van der Waals surface area contributed by atoms with Crippen LogP contribution in [0.25, 0.3) is 5.13 Å². The molecule has 0 bridgehead atoms. The molecule has 146 valence electrons. The number of rotatable bonds is 8. The van der Waals surface area contributed by atoms with E-state index in [1.54, 1.807) is 24.4 Å². The van der Waals surface area contributed by atoms with E-state index in [4.69, 9.17) is 16.3 Å². The summed E-state index contributed by atoms with van der Waals surface area (Å²) in [6.07, 6.45) is 1.63. The maximum Gasteiger partial charge on any atom is 0.306 e. The molecule has 0 radical (unpaired) electrons. The lowest BCUT2D eigenvalue weighted by molar-refractivity contribution is -0.142. The van der Waals surface area contributed by atoms with Crippen LogP contribution in [0.4, 0.5) is 0 Å². The molecule has 0 aliphatic carbocycles. The first-order chi connectivity index (χ1) is 13.4. The summed E-state index contributed by atoms with van der Waals surface area (Å²) in [6.45, 7) is 3.36. The van der Waals surface area contributed by atoms with Gasteiger partial charge in [-0.15, -0.1) is 22.7 Å². The number of aromatic nitrogens is 2. The minimum absolute atomic E-state index is 0.0163. The van der Waals surface area contributed by atoms with E-state index in [1.807, 2.05) is 23.8 Å². The number of aryl methyl sites for hydroxylation is 1. The molecule has 0 saturated carbocycles. The van der Waals surface area contributed by atoms with Gasteiger partial charge in [0.2, 0.25) is 5.78 Å². The zero-order valence-electron chi connectivity index (χ0n) is 15.2. The highest BCUT2D eigenvalue weighted by atomic mass is 35.5. The van der Waals surface area contributed by atoms with E-state index in [2.05, 4.69) is 4.98 Å². The van der Waals surface area contributed by atoms with Crippen molar-refractivity contribution < 1.29 is 19.1 Å². The molecule has 28 heavy (non-hydrogen) atoms. The largest absolute Gasteiger partial charge is 0.457 e. The molecule has 0 spiro atoms. The molecule has 0 atom stereocenters. The van der Waals surface area contributed by atoms with E-state index in [9.17, 15) is 14.4 Å². The standard InChI is InChI=1S/C19H17ClN2O4S2/c1-11-9-13(12(2)22(11)19-21-7-8-27-19)15(24)10-26-18(25)6-3-14(23)16-4-5-17(20)28-16/h4-5,7-9H,3,6,10H2,1-2H3. The lowest BCUT2D eigenvalue weighted by Gasteiger charge is -2.06. The van der Waals surface area contributed by atoms with Gasteiger partial charge in [-0.05, 0) is 32.0 Å². The van der Waals surface area contributed by atoms with E-state index < -0.39 is 5.97 Å². The highest BCUT2D eigenvalue weighted by Crippen LogP contribution is 2.24. The number of ketones is 2. The van der Waals surface area contributed by atoms with Crippen LogP contribution in [0.2, 0.25) is 4.34 Å². The first-order valence-corrected chi connectivity index (χ1v) is 10.5. The fourth-order valence-electron chi connectivity index (χ4n) is 2.76. The van der Waals surface area contributed by atoms with Gasteiger partial charge in [0.15, 0.2) is 17.5 Å². The van der Waals surface area contributed by atoms with Crippen molar-refractivity contribution in [3.8, 4) is 5.13 Å². The number of Topliss-reactive ketones (excluding diaryl/α,β-unsaturated/α-hetero) is 2. The molecule has 9 heteroatoms. The Hall–Kier alpha value is -2.29. The fourth-order valence-corrected chi connectivity index (χ4v) is 4.53. The summed E-state index contributed by atoms with van der Waals surface area (Å²) in [5.41, 5.74) is 2.12. The molecule has 3 aromatic heterocycles. The van der Waals surface area contributed by atoms with Crippen LogP contribution in [-0.2, 0) is 9.53 Å². The number of thiophene rings is 1. The van der Waals surface area contributed by atoms with Gasteiger partial charge < -0.3 is 4.74 Å². The number of ether oxygens (including phenoxy) is 1. The number of nitrogens with zero attached hydrogens (tertiary/aromatic N) is 2. The van der Waals surface area contributed by atoms with E-state index in [1.165, 1.54) is 22.7 Å². The molecule has 3 rings (SSSR count). The third-order valence-electron chi connectivity index (χ3n) is 4.11. The van der Waals surface area contributed by atoms with Gasteiger partial charge >= 0.3 is 5.97 Å². The number of halogens is 1. The van der Waals surface area contributed by atoms with Gasteiger partial charge in [-0.2, -0.15) is 0 Å². The zero-order valence-corrected chi connectivity index (χ0v) is 17.6. The van der Waals surface area contributed by atoms with Crippen molar-refractivity contribution in [2.24, 2.45) is 0 Å². The number of hydrogen-bond donors (Lipinski definition) is 0. The molecule has 0 aliphatic heterocycles. The van der Waals surface area contributed by atoms with Crippen LogP contribution in [0.3, 0.4) is 0 Å². The lowest BCUT2D eigenvalue weighted by atomic mass is 10.1. The van der Waals surface area contributed by atoms with Crippen molar-refractivity contribution in [2.75, 3.05) is 6.61 Å². The fraction of sp³-hybridized carbons (Fsp3) is 0.263. The van der Waals surface area contributed by atoms with Gasteiger partial charge in [-0.3, -0.25) is 19.0 Å². The Morgan fingerprint density at radius 3 is 2.61 bits per heavy atom. The minimum atomic E-state index is -0.585. The molecule has 0 N–H and O–H groups in total. The monoisotopic (exact) mass is 436 g/mol. The Morgan fingerprint density at radius 2 is 1.96 bits per heavy atom. The van der Waals surface area contributed by atoms with Crippen LogP contribution in [0.1, 0.15) is 44.3 Å². The molecular formula is C19H17ClN2O4S2. The van der Waals surface area contributed by atoms with Crippen LogP contribution in [0.5, 0.6) is 0 Å². The van der Waals surface area contributed by atoms with Crippen LogP contribution >= 0.6 is 34.3 Å². The highest BCUT2D eigenvalue weighted by molar-refractivity contribution is 7.18. The smallest absolute Gasteiger partial charge is 0.306 e. The molecule has 6 nitrogen and oxygen atoms in total. The van der Waals surface area contributed by atoms with E-state index in [0.717, 1.165) is 16.5 Å². The lowest BCUT2D eigenvalue weighted by Crippen LogP contribution is -2.15. The zero-order chi connectivity index (χ0) is 20.3. The first-order valence-electron chi connectivity index (χ1n) is 8.43. The van der Waals surface area contributed by atoms with Gasteiger partial charge in [0.25, 0.3) is 0 Å². The van der Waals surface area contributed by atoms with E-state index in [-0.39, 0.29) is 31.0 Å². The molecular weight excluding hydrogens is 420 g/mol. The SMILES string of the molecule is Cc1cc(C(=O)COC(=O)CCC(=O)c2ccc(Cl)s2)c(C)n1-c1nccs1. The summed E-state index contributed by atoms with van der Waals surface area (Å²) < 4.78 is 7.47. The van der Waals surface area contributed by atoms with Crippen LogP contribution < -0.4 is 0 Å². The van der Waals surface area contributed by atoms with Gasteiger partial charge in [0.1, 0.15) is 0 Å². The topological polar surface area (TPSA) is 78.3 Å². The summed E-state index contributed by atoms with van der Waals surface area (Å²) in [5, 5.41) is 2.64. The molecule has 3 heterocycles. The third kappa shape index (κ3) is 4.57. The number of esters is 1. The number of thiazole rings is 1. The maximum atomic E-state index is 12.5. The summed E-state index contributed by atoms with van der Waals surface area (Å²) in [4.78, 5) is 41.1. The van der Waals surface area contributed by atoms with Crippen molar-refractivity contribution in [1.29, 1.82) is 0 Å². The Bertz CT molecular complexity index is 1020. The van der Waals surface area contributed by atoms with Crippen LogP contribution in [0, 0.1) is 13.8 Å². The molecule has 0 saturated heterocycles. The van der Waals surface area contributed by atoms with Gasteiger partial charge in [-0.1, -0.05) is 11.6 Å². The molecule has 0 amide bonds. The predicted molar refractivity (Wildman–Crippen MR) is 109 cm³/mol. The van der Waals surface area contributed by atoms with Crippen molar-refractivity contribution >= 4 is 51.8 Å². The van der Waals surface area contributed by atoms with Crippen molar-refractivity contribution in [3.63, 3.8) is 0 Å². The van der Waals surface area contributed by atoms with Gasteiger partial charge in [0, 0.05) is 34.9 Å². The number of carbonyl (C=O) groups excluding carboxylic acids is 3. The van der Waals surface area contributed by atoms with Gasteiger partial charge in [0.05, 0.1) is 15.6 Å². The second kappa shape index (κ2) is 8.81. The number of hydrogen-bond acceptors (Lipinski definition) is 7. The normalized spacial score (nSPS) is 10.8. The van der Waals surface area contributed by atoms with Crippen molar-refractivity contribution in [2.45, 2.75) is 26.7 Å². The van der Waals surface area contributed by atoms with E-state index in [0.29, 0.717) is 14.8 Å². The average Bonchev–Trinajstić information content (AvgIpc) is 3.39. The second-order valence-electron chi connectivity index (χ2n) is 6.05. The molecule has 0 aliphatic rings. The molecule has 0 fully saturated rings. The van der Waals surface area contributed by atoms with Crippen LogP contribution in [-0.4, -0.2) is 33.7 Å². The maximum absolute atomic E-state index is 12.5. The van der Waals surface area contributed by atoms with Crippen molar-refractivity contribution in [1.82, 2.24) is 9.55 Å². The molecule has 0 aromatic carbocycles. The first kappa shape index (κ1) is 20.4. The quantitative estimate of drug-likeness (QED) is 0.379. The Kier molecular flexibility index (Phi) is 6.43. The Morgan fingerprint density at radius 1 is 1.18 bits per heavy atom. The van der Waals surface area contributed by atoms with Crippen LogP contribution in [0.15, 0.2) is 29.8 Å². The summed E-state index contributed by atoms with van der Waals surface area (Å²) in [6, 6.07) is 5.03.